The molecule has 4 rings (SSSR count). The standard InChI is InChI=1S/C12H13N7O/c20-12-10(18-4-3-15-17-18)6-16-19(12)11-5-9(8-1-2-8)13-7-14-11/h3-8,12,16,20H,1-2H2. The fourth-order valence-electron chi connectivity index (χ4n) is 2.23. The predicted molar refractivity (Wildman–Crippen MR) is 69.9 cm³/mol. The number of hydrogen-bond donors (Lipinski definition) is 2. The zero-order valence-corrected chi connectivity index (χ0v) is 10.6. The van der Waals surface area contributed by atoms with Crippen molar-refractivity contribution in [2.75, 3.05) is 5.01 Å². The summed E-state index contributed by atoms with van der Waals surface area (Å²) in [5, 5.41) is 19.5. The molecule has 3 heterocycles. The van der Waals surface area contributed by atoms with Gasteiger partial charge in [0, 0.05) is 23.9 Å². The number of aliphatic hydroxyl groups excluding tert-OH is 1. The lowest BCUT2D eigenvalue weighted by Crippen LogP contribution is -2.39. The average Bonchev–Trinajstić information content (AvgIpc) is 3.05. The maximum atomic E-state index is 10.4. The molecule has 8 nitrogen and oxygen atoms in total. The number of aromatic nitrogens is 5. The van der Waals surface area contributed by atoms with Crippen molar-refractivity contribution >= 4 is 11.5 Å². The van der Waals surface area contributed by atoms with Crippen LogP contribution in [0.1, 0.15) is 24.5 Å². The van der Waals surface area contributed by atoms with E-state index in [2.05, 4.69) is 25.7 Å². The molecule has 20 heavy (non-hydrogen) atoms. The summed E-state index contributed by atoms with van der Waals surface area (Å²) < 4.78 is 1.51. The molecule has 1 aliphatic heterocycles. The Bertz CT molecular complexity index is 650. The Morgan fingerprint density at radius 1 is 1.30 bits per heavy atom. The van der Waals surface area contributed by atoms with Gasteiger partial charge in [0.05, 0.1) is 12.4 Å². The fourth-order valence-corrected chi connectivity index (χ4v) is 2.23. The topological polar surface area (TPSA) is 92.0 Å². The van der Waals surface area contributed by atoms with Gasteiger partial charge in [-0.3, -0.25) is 5.43 Å². The summed E-state index contributed by atoms with van der Waals surface area (Å²) in [5.41, 5.74) is 4.61. The maximum Gasteiger partial charge on any atom is 0.192 e. The van der Waals surface area contributed by atoms with Gasteiger partial charge in [-0.1, -0.05) is 5.21 Å². The van der Waals surface area contributed by atoms with E-state index in [4.69, 9.17) is 0 Å². The number of nitrogens with zero attached hydrogens (tertiary/aromatic N) is 6. The van der Waals surface area contributed by atoms with Gasteiger partial charge >= 0.3 is 0 Å². The Balaban J connectivity index is 1.60. The van der Waals surface area contributed by atoms with E-state index >= 15 is 0 Å². The number of nitrogens with one attached hydrogen (secondary N) is 1. The van der Waals surface area contributed by atoms with Crippen molar-refractivity contribution in [1.82, 2.24) is 30.4 Å². The lowest BCUT2D eigenvalue weighted by atomic mass is 10.3. The summed E-state index contributed by atoms with van der Waals surface area (Å²) >= 11 is 0. The van der Waals surface area contributed by atoms with Crippen molar-refractivity contribution in [2.24, 2.45) is 0 Å². The molecule has 2 aliphatic rings. The molecule has 2 aromatic heterocycles. The number of hydrazine groups is 1. The van der Waals surface area contributed by atoms with Crippen molar-refractivity contribution in [1.29, 1.82) is 0 Å². The molecule has 0 radical (unpaired) electrons. The van der Waals surface area contributed by atoms with Gasteiger partial charge in [-0.15, -0.1) is 5.10 Å². The van der Waals surface area contributed by atoms with Gasteiger partial charge in [-0.25, -0.2) is 19.7 Å². The largest absolute Gasteiger partial charge is 0.367 e. The van der Waals surface area contributed by atoms with Crippen LogP contribution in [0.5, 0.6) is 0 Å². The van der Waals surface area contributed by atoms with Gasteiger partial charge in [-0.05, 0) is 12.8 Å². The molecular weight excluding hydrogens is 258 g/mol. The van der Waals surface area contributed by atoms with Crippen molar-refractivity contribution in [3.63, 3.8) is 0 Å². The Morgan fingerprint density at radius 3 is 2.95 bits per heavy atom. The van der Waals surface area contributed by atoms with Crippen LogP contribution in [-0.4, -0.2) is 36.3 Å². The summed E-state index contributed by atoms with van der Waals surface area (Å²) in [6, 6.07) is 1.91. The van der Waals surface area contributed by atoms with Crippen molar-refractivity contribution in [3.05, 3.63) is 36.7 Å². The average molecular weight is 271 g/mol. The molecular formula is C12H13N7O. The molecule has 8 heteroatoms. The Hall–Kier alpha value is -2.48. The second-order valence-corrected chi connectivity index (χ2v) is 4.86. The predicted octanol–water partition coefficient (Wildman–Crippen LogP) is 0.0871. The molecule has 2 aromatic rings. The van der Waals surface area contributed by atoms with Crippen LogP contribution < -0.4 is 10.4 Å². The van der Waals surface area contributed by atoms with E-state index in [0.717, 1.165) is 5.69 Å². The van der Waals surface area contributed by atoms with E-state index in [1.165, 1.54) is 23.9 Å². The first-order valence-corrected chi connectivity index (χ1v) is 6.45. The Labute approximate surface area is 114 Å². The van der Waals surface area contributed by atoms with Gasteiger partial charge in [0.2, 0.25) is 0 Å². The van der Waals surface area contributed by atoms with Crippen LogP contribution in [0.3, 0.4) is 0 Å². The second kappa shape index (κ2) is 4.27. The Kier molecular flexibility index (Phi) is 2.43. The van der Waals surface area contributed by atoms with Crippen LogP contribution >= 0.6 is 0 Å². The molecule has 0 aromatic carbocycles. The van der Waals surface area contributed by atoms with Crippen LogP contribution in [0, 0.1) is 0 Å². The first kappa shape index (κ1) is 11.4. The van der Waals surface area contributed by atoms with Crippen LogP contribution in [0.4, 0.5) is 5.82 Å². The number of hydrogen-bond acceptors (Lipinski definition) is 7. The number of aliphatic hydroxyl groups is 1. The van der Waals surface area contributed by atoms with Crippen LogP contribution in [0.25, 0.3) is 5.70 Å². The third-order valence-electron chi connectivity index (χ3n) is 3.46. The minimum atomic E-state index is -0.876. The van der Waals surface area contributed by atoms with Crippen molar-refractivity contribution in [2.45, 2.75) is 25.0 Å². The van der Waals surface area contributed by atoms with Crippen LogP contribution in [-0.2, 0) is 0 Å². The van der Waals surface area contributed by atoms with E-state index in [9.17, 15) is 5.11 Å². The summed E-state index contributed by atoms with van der Waals surface area (Å²) in [5.74, 6) is 1.18. The van der Waals surface area contributed by atoms with E-state index in [0.29, 0.717) is 17.4 Å². The summed E-state index contributed by atoms with van der Waals surface area (Å²) in [4.78, 5) is 8.49. The summed E-state index contributed by atoms with van der Waals surface area (Å²) in [6.07, 6.45) is 7.92. The monoisotopic (exact) mass is 271 g/mol. The lowest BCUT2D eigenvalue weighted by Gasteiger charge is -2.22. The third kappa shape index (κ3) is 1.81. The van der Waals surface area contributed by atoms with Gasteiger partial charge in [-0.2, -0.15) is 0 Å². The minimum Gasteiger partial charge on any atom is -0.367 e. The first-order valence-electron chi connectivity index (χ1n) is 6.45. The third-order valence-corrected chi connectivity index (χ3v) is 3.46. The van der Waals surface area contributed by atoms with E-state index in [-0.39, 0.29) is 0 Å². The molecule has 2 N–H and O–H groups in total. The highest BCUT2D eigenvalue weighted by atomic mass is 16.3. The molecule has 1 atom stereocenters. The van der Waals surface area contributed by atoms with Crippen LogP contribution in [0.15, 0.2) is 31.0 Å². The van der Waals surface area contributed by atoms with Gasteiger partial charge in [0.25, 0.3) is 0 Å². The highest BCUT2D eigenvalue weighted by Gasteiger charge is 2.30. The SMILES string of the molecule is OC1C(n2ccnn2)=CNN1c1cc(C2CC2)ncn1. The van der Waals surface area contributed by atoms with Crippen molar-refractivity contribution < 1.29 is 5.11 Å². The maximum absolute atomic E-state index is 10.4. The smallest absolute Gasteiger partial charge is 0.192 e. The van der Waals surface area contributed by atoms with E-state index in [1.807, 2.05) is 6.07 Å². The first-order chi connectivity index (χ1) is 9.83. The van der Waals surface area contributed by atoms with Crippen molar-refractivity contribution in [3.8, 4) is 0 Å². The molecule has 1 saturated carbocycles. The summed E-state index contributed by atoms with van der Waals surface area (Å²) in [6.45, 7) is 0. The molecule has 1 aliphatic carbocycles. The Morgan fingerprint density at radius 2 is 2.20 bits per heavy atom. The van der Waals surface area contributed by atoms with Gasteiger partial charge < -0.3 is 5.11 Å². The zero-order chi connectivity index (χ0) is 13.5. The minimum absolute atomic E-state index is 0.541. The van der Waals surface area contributed by atoms with Crippen LogP contribution in [0.2, 0.25) is 0 Å². The van der Waals surface area contributed by atoms with E-state index < -0.39 is 6.23 Å². The molecule has 102 valence electrons. The normalized spacial score (nSPS) is 21.8. The van der Waals surface area contributed by atoms with E-state index in [1.54, 1.807) is 23.6 Å². The molecule has 1 fully saturated rings. The fraction of sp³-hybridized carbons (Fsp3) is 0.333. The lowest BCUT2D eigenvalue weighted by molar-refractivity contribution is 0.219. The highest BCUT2D eigenvalue weighted by molar-refractivity contribution is 5.59. The molecule has 0 saturated heterocycles. The highest BCUT2D eigenvalue weighted by Crippen LogP contribution is 2.39. The number of anilines is 1. The second-order valence-electron chi connectivity index (χ2n) is 4.86. The van der Waals surface area contributed by atoms with Gasteiger partial charge in [0.15, 0.2) is 12.0 Å². The molecule has 0 bridgehead atoms. The van der Waals surface area contributed by atoms with Gasteiger partial charge in [0.1, 0.15) is 12.0 Å². The molecule has 0 amide bonds. The molecule has 1 unspecified atom stereocenters. The summed E-state index contributed by atoms with van der Waals surface area (Å²) in [7, 11) is 0. The quantitative estimate of drug-likeness (QED) is 0.817. The zero-order valence-electron chi connectivity index (χ0n) is 10.6. The molecule has 0 spiro atoms. The number of rotatable bonds is 3.